The lowest BCUT2D eigenvalue weighted by atomic mass is 10.1. The van der Waals surface area contributed by atoms with Gasteiger partial charge in [0.1, 0.15) is 17.0 Å². The van der Waals surface area contributed by atoms with Gasteiger partial charge in [-0.25, -0.2) is 4.98 Å². The molecule has 3 aromatic carbocycles. The average molecular weight is 530 g/mol. The number of carbonyl (C=O) groups is 1. The van der Waals surface area contributed by atoms with Crippen LogP contribution in [0.3, 0.4) is 0 Å². The Labute approximate surface area is 217 Å². The number of nitrogens with one attached hydrogen (secondary N) is 2. The zero-order valence-corrected chi connectivity index (χ0v) is 21.6. The quantitative estimate of drug-likeness (QED) is 0.283. The zero-order chi connectivity index (χ0) is 25.3. The van der Waals surface area contributed by atoms with Crippen LogP contribution in [0.15, 0.2) is 46.9 Å². The Hall–Kier alpha value is -3.33. The van der Waals surface area contributed by atoms with E-state index in [1.165, 1.54) is 26.4 Å². The first-order chi connectivity index (χ1) is 16.7. The minimum Gasteiger partial charge on any atom is -0.495 e. The number of amides is 1. The van der Waals surface area contributed by atoms with Crippen molar-refractivity contribution in [2.45, 2.75) is 13.8 Å². The van der Waals surface area contributed by atoms with Crippen molar-refractivity contribution < 1.29 is 18.7 Å². The van der Waals surface area contributed by atoms with Crippen molar-refractivity contribution in [3.05, 3.63) is 69.2 Å². The van der Waals surface area contributed by atoms with Crippen molar-refractivity contribution >= 4 is 63.2 Å². The van der Waals surface area contributed by atoms with Crippen molar-refractivity contribution in [2.75, 3.05) is 19.5 Å². The second-order valence-electron chi connectivity index (χ2n) is 7.71. The lowest BCUT2D eigenvalue weighted by molar-refractivity contribution is 0.0974. The highest BCUT2D eigenvalue weighted by molar-refractivity contribution is 7.80. The topological polar surface area (TPSA) is 85.6 Å². The molecule has 4 aromatic rings. The van der Waals surface area contributed by atoms with Gasteiger partial charge in [0.2, 0.25) is 5.89 Å². The first kappa shape index (κ1) is 24.8. The van der Waals surface area contributed by atoms with Crippen LogP contribution in [0.4, 0.5) is 5.69 Å². The van der Waals surface area contributed by atoms with Crippen LogP contribution in [-0.4, -0.2) is 30.2 Å². The number of benzene rings is 3. The third kappa shape index (κ3) is 5.19. The molecule has 0 aliphatic rings. The smallest absolute Gasteiger partial charge is 0.261 e. The van der Waals surface area contributed by atoms with Crippen LogP contribution >= 0.6 is 35.4 Å². The molecule has 0 saturated carbocycles. The third-order valence-corrected chi connectivity index (χ3v) is 6.09. The molecule has 0 atom stereocenters. The molecule has 0 saturated heterocycles. The number of thiocarbonyl (C=S) groups is 1. The summed E-state index contributed by atoms with van der Waals surface area (Å²) in [5, 5.41) is 6.13. The number of hydrogen-bond donors (Lipinski definition) is 2. The predicted octanol–water partition coefficient (Wildman–Crippen LogP) is 6.56. The maximum absolute atomic E-state index is 12.8. The molecule has 35 heavy (non-hydrogen) atoms. The van der Waals surface area contributed by atoms with Crippen molar-refractivity contribution in [3.63, 3.8) is 0 Å². The van der Waals surface area contributed by atoms with Gasteiger partial charge in [-0.1, -0.05) is 23.2 Å². The van der Waals surface area contributed by atoms with E-state index < -0.39 is 5.91 Å². The van der Waals surface area contributed by atoms with E-state index in [0.29, 0.717) is 28.5 Å². The average Bonchev–Trinajstić information content (AvgIpc) is 3.21. The summed E-state index contributed by atoms with van der Waals surface area (Å²) in [7, 11) is 2.94. The number of aromatic nitrogens is 1. The van der Waals surface area contributed by atoms with Gasteiger partial charge >= 0.3 is 0 Å². The number of carbonyl (C=O) groups excluding carboxylic acids is 1. The van der Waals surface area contributed by atoms with Crippen LogP contribution in [-0.2, 0) is 0 Å². The molecular weight excluding hydrogens is 509 g/mol. The minimum absolute atomic E-state index is 0.0346. The molecule has 1 amide bonds. The Morgan fingerprint density at radius 1 is 1.03 bits per heavy atom. The molecule has 10 heteroatoms. The van der Waals surface area contributed by atoms with Gasteiger partial charge in [-0.15, -0.1) is 0 Å². The normalized spacial score (nSPS) is 10.8. The van der Waals surface area contributed by atoms with Crippen LogP contribution < -0.4 is 20.1 Å². The first-order valence-electron chi connectivity index (χ1n) is 10.4. The van der Waals surface area contributed by atoms with Crippen LogP contribution in [0.2, 0.25) is 10.0 Å². The molecule has 180 valence electrons. The van der Waals surface area contributed by atoms with Gasteiger partial charge in [0.25, 0.3) is 5.91 Å². The number of oxazole rings is 1. The van der Waals surface area contributed by atoms with Gasteiger partial charge in [0.15, 0.2) is 10.7 Å². The second-order valence-corrected chi connectivity index (χ2v) is 8.97. The van der Waals surface area contributed by atoms with E-state index in [9.17, 15) is 4.79 Å². The Morgan fingerprint density at radius 3 is 2.49 bits per heavy atom. The summed E-state index contributed by atoms with van der Waals surface area (Å²) in [6.45, 7) is 4.05. The van der Waals surface area contributed by atoms with E-state index in [1.807, 2.05) is 32.0 Å². The minimum atomic E-state index is -0.538. The molecule has 0 radical (unpaired) electrons. The molecule has 1 heterocycles. The first-order valence-corrected chi connectivity index (χ1v) is 11.6. The predicted molar refractivity (Wildman–Crippen MR) is 142 cm³/mol. The van der Waals surface area contributed by atoms with Crippen LogP contribution in [0, 0.1) is 13.8 Å². The second kappa shape index (κ2) is 10.1. The van der Waals surface area contributed by atoms with Gasteiger partial charge in [0, 0.05) is 10.6 Å². The van der Waals surface area contributed by atoms with E-state index in [0.717, 1.165) is 16.6 Å². The molecule has 0 fully saturated rings. The number of methoxy groups -OCH3 is 2. The summed E-state index contributed by atoms with van der Waals surface area (Å²) >= 11 is 17.6. The largest absolute Gasteiger partial charge is 0.495 e. The summed E-state index contributed by atoms with van der Waals surface area (Å²) in [5.41, 5.74) is 5.09. The van der Waals surface area contributed by atoms with E-state index in [-0.39, 0.29) is 26.5 Å². The maximum atomic E-state index is 12.8. The van der Waals surface area contributed by atoms with E-state index in [1.54, 1.807) is 12.1 Å². The number of fused-ring (bicyclic) bond motifs is 1. The Bertz CT molecular complexity index is 1430. The molecule has 7 nitrogen and oxygen atoms in total. The molecule has 4 rings (SSSR count). The van der Waals surface area contributed by atoms with Crippen molar-refractivity contribution in [3.8, 4) is 23.0 Å². The summed E-state index contributed by atoms with van der Waals surface area (Å²) in [6, 6.07) is 12.2. The molecule has 2 N–H and O–H groups in total. The van der Waals surface area contributed by atoms with Gasteiger partial charge in [-0.05, 0) is 79.7 Å². The molecule has 0 bridgehead atoms. The van der Waals surface area contributed by atoms with E-state index in [2.05, 4.69) is 15.6 Å². The summed E-state index contributed by atoms with van der Waals surface area (Å²) < 4.78 is 16.7. The maximum Gasteiger partial charge on any atom is 0.261 e. The monoisotopic (exact) mass is 529 g/mol. The van der Waals surface area contributed by atoms with Gasteiger partial charge in [0.05, 0.1) is 30.5 Å². The lowest BCUT2D eigenvalue weighted by Crippen LogP contribution is -2.34. The highest BCUT2D eigenvalue weighted by atomic mass is 35.5. The number of ether oxygens (including phenoxy) is 2. The highest BCUT2D eigenvalue weighted by Gasteiger charge is 2.19. The number of aryl methyl sites for hydroxylation is 2. The Balaban J connectivity index is 1.59. The molecule has 0 spiro atoms. The molecule has 0 aliphatic heterocycles. The summed E-state index contributed by atoms with van der Waals surface area (Å²) in [5.74, 6) is 0.612. The van der Waals surface area contributed by atoms with Gasteiger partial charge < -0.3 is 19.2 Å². The fourth-order valence-electron chi connectivity index (χ4n) is 3.50. The number of halogens is 2. The molecule has 0 unspecified atom stereocenters. The number of nitrogens with zero attached hydrogens (tertiary/aromatic N) is 1. The van der Waals surface area contributed by atoms with Crippen molar-refractivity contribution in [2.24, 2.45) is 0 Å². The zero-order valence-electron chi connectivity index (χ0n) is 19.3. The molecular formula is C25H21Cl2N3O4S. The van der Waals surface area contributed by atoms with Gasteiger partial charge in [-0.3, -0.25) is 10.1 Å². The SMILES string of the molecule is COc1ccc(-c2nc3cc(C)c(C)cc3o2)cc1NC(=S)NC(=O)c1cc(Cl)cc(Cl)c1OC. The standard InChI is InChI=1S/C25H21Cl2N3O4S/c1-12-7-18-21(8-13(12)2)34-24(28-18)14-5-6-20(32-3)19(9-14)29-25(35)30-23(31)16-10-15(26)11-17(27)22(16)33-4/h5-11H,1-4H3,(H2,29,30,31,35). The van der Waals surface area contributed by atoms with Crippen LogP contribution in [0.25, 0.3) is 22.6 Å². The fourth-order valence-corrected chi connectivity index (χ4v) is 4.28. The van der Waals surface area contributed by atoms with Gasteiger partial charge in [-0.2, -0.15) is 0 Å². The van der Waals surface area contributed by atoms with Crippen molar-refractivity contribution in [1.82, 2.24) is 10.3 Å². The number of rotatable bonds is 5. The van der Waals surface area contributed by atoms with Crippen LogP contribution in [0.5, 0.6) is 11.5 Å². The van der Waals surface area contributed by atoms with Crippen molar-refractivity contribution in [1.29, 1.82) is 0 Å². The Kier molecular flexibility index (Phi) is 7.16. The number of anilines is 1. The van der Waals surface area contributed by atoms with E-state index in [4.69, 9.17) is 49.3 Å². The lowest BCUT2D eigenvalue weighted by Gasteiger charge is -2.15. The summed E-state index contributed by atoms with van der Waals surface area (Å²) in [4.78, 5) is 17.4. The summed E-state index contributed by atoms with van der Waals surface area (Å²) in [6.07, 6.45) is 0. The molecule has 1 aromatic heterocycles. The Morgan fingerprint density at radius 2 is 1.77 bits per heavy atom. The van der Waals surface area contributed by atoms with E-state index >= 15 is 0 Å². The highest BCUT2D eigenvalue weighted by Crippen LogP contribution is 2.34. The van der Waals surface area contributed by atoms with Crippen LogP contribution in [0.1, 0.15) is 21.5 Å². The number of hydrogen-bond acceptors (Lipinski definition) is 6. The fraction of sp³-hybridized carbons (Fsp3) is 0.160. The third-order valence-electron chi connectivity index (χ3n) is 5.38. The molecule has 0 aliphatic carbocycles.